The Kier molecular flexibility index (Phi) is 13.7. The highest BCUT2D eigenvalue weighted by molar-refractivity contribution is 6.00. The summed E-state index contributed by atoms with van der Waals surface area (Å²) in [6, 6.07) is -0.348. The lowest BCUT2D eigenvalue weighted by atomic mass is 9.78. The summed E-state index contributed by atoms with van der Waals surface area (Å²) in [6.45, 7) is 15.6. The molecule has 0 aromatic rings. The molecule has 3 atom stereocenters. The predicted octanol–water partition coefficient (Wildman–Crippen LogP) is 5.43. The lowest BCUT2D eigenvalue weighted by Gasteiger charge is -2.37. The molecule has 2 fully saturated rings. The molecule has 1 aliphatic carbocycles. The van der Waals surface area contributed by atoms with Crippen LogP contribution in [0.1, 0.15) is 113 Å². The summed E-state index contributed by atoms with van der Waals surface area (Å²) in [5.74, 6) is 0.477. The molecule has 4 amide bonds. The first kappa shape index (κ1) is 37.5. The Balaban J connectivity index is 1.34. The third-order valence-electron chi connectivity index (χ3n) is 8.60. The second-order valence-electron chi connectivity index (χ2n) is 15.2. The van der Waals surface area contributed by atoms with Crippen molar-refractivity contribution < 1.29 is 33.8 Å². The van der Waals surface area contributed by atoms with Crippen LogP contribution in [0.25, 0.3) is 0 Å². The molecule has 2 heterocycles. The molecule has 11 nitrogen and oxygen atoms in total. The summed E-state index contributed by atoms with van der Waals surface area (Å²) in [6.07, 6.45) is 10.4. The standard InChI is InChI=1S/C35H58N4O7/c1-24-22-26(36-29-15-16-30(41)37-31(29)42)13-14-28(24)25-17-20-38(21-18-25)23-27(40)12-10-8-9-11-19-39(32(43)45-34(2,3)4)33(44)46-35(5,6)7/h13-14,24-25,27,29,36,40H,8-12,15-23H2,1-7H3,(H,37,41,42). The highest BCUT2D eigenvalue weighted by atomic mass is 16.6. The number of unbranched alkanes of at least 4 members (excludes halogenated alkanes) is 3. The molecule has 0 aromatic heterocycles. The van der Waals surface area contributed by atoms with Crippen LogP contribution in [0.4, 0.5) is 9.59 Å². The molecule has 3 rings (SSSR count). The van der Waals surface area contributed by atoms with Gasteiger partial charge in [0, 0.05) is 25.2 Å². The van der Waals surface area contributed by atoms with Gasteiger partial charge in [-0.15, -0.1) is 0 Å². The Hall–Kier alpha value is -2.92. The van der Waals surface area contributed by atoms with Crippen molar-refractivity contribution in [1.29, 1.82) is 0 Å². The van der Waals surface area contributed by atoms with E-state index in [1.807, 2.05) is 0 Å². The van der Waals surface area contributed by atoms with E-state index in [0.717, 1.165) is 68.6 Å². The molecule has 3 aliphatic rings. The molecule has 3 unspecified atom stereocenters. The van der Waals surface area contributed by atoms with E-state index in [1.165, 1.54) is 5.57 Å². The van der Waals surface area contributed by atoms with Crippen LogP contribution in [-0.2, 0) is 19.1 Å². The first-order chi connectivity index (χ1) is 21.5. The number of amides is 4. The van der Waals surface area contributed by atoms with Crippen molar-refractivity contribution in [3.63, 3.8) is 0 Å². The van der Waals surface area contributed by atoms with Crippen LogP contribution in [0.5, 0.6) is 0 Å². The Labute approximate surface area is 275 Å². The van der Waals surface area contributed by atoms with E-state index in [4.69, 9.17) is 9.47 Å². The number of aliphatic hydroxyl groups is 1. The normalized spacial score (nSPS) is 22.3. The number of piperidine rings is 2. The maximum atomic E-state index is 12.6. The molecular weight excluding hydrogens is 588 g/mol. The van der Waals surface area contributed by atoms with Gasteiger partial charge in [-0.1, -0.05) is 37.8 Å². The lowest BCUT2D eigenvalue weighted by Crippen LogP contribution is -2.50. The van der Waals surface area contributed by atoms with Crippen molar-refractivity contribution in [3.05, 3.63) is 23.4 Å². The second-order valence-corrected chi connectivity index (χ2v) is 15.2. The van der Waals surface area contributed by atoms with E-state index < -0.39 is 23.4 Å². The fourth-order valence-corrected chi connectivity index (χ4v) is 6.31. The van der Waals surface area contributed by atoms with Gasteiger partial charge in [-0.3, -0.25) is 14.9 Å². The number of hydrogen-bond donors (Lipinski definition) is 3. The van der Waals surface area contributed by atoms with Gasteiger partial charge in [0.2, 0.25) is 11.8 Å². The number of likely N-dealkylation sites (tertiary alicyclic amines) is 1. The number of imide groups is 2. The summed E-state index contributed by atoms with van der Waals surface area (Å²) in [7, 11) is 0. The first-order valence-corrected chi connectivity index (χ1v) is 17.2. The summed E-state index contributed by atoms with van der Waals surface area (Å²) in [5, 5.41) is 16.5. The van der Waals surface area contributed by atoms with Crippen molar-refractivity contribution in [3.8, 4) is 0 Å². The number of aliphatic hydroxyl groups excluding tert-OH is 1. The van der Waals surface area contributed by atoms with E-state index >= 15 is 0 Å². The van der Waals surface area contributed by atoms with Crippen molar-refractivity contribution in [2.45, 2.75) is 136 Å². The van der Waals surface area contributed by atoms with Gasteiger partial charge in [0.15, 0.2) is 0 Å². The molecule has 0 radical (unpaired) electrons. The zero-order chi connectivity index (χ0) is 34.1. The molecule has 0 bridgehead atoms. The van der Waals surface area contributed by atoms with Crippen molar-refractivity contribution in [2.24, 2.45) is 11.8 Å². The van der Waals surface area contributed by atoms with Crippen LogP contribution in [0.2, 0.25) is 0 Å². The van der Waals surface area contributed by atoms with Crippen molar-refractivity contribution in [2.75, 3.05) is 26.2 Å². The van der Waals surface area contributed by atoms with Crippen LogP contribution in [-0.4, -0.2) is 88.4 Å². The smallest absolute Gasteiger partial charge is 0.419 e. The highest BCUT2D eigenvalue weighted by Gasteiger charge is 2.32. The number of carbonyl (C=O) groups is 4. The van der Waals surface area contributed by atoms with Gasteiger partial charge < -0.3 is 24.8 Å². The predicted molar refractivity (Wildman–Crippen MR) is 177 cm³/mol. The van der Waals surface area contributed by atoms with Crippen molar-refractivity contribution in [1.82, 2.24) is 20.4 Å². The maximum absolute atomic E-state index is 12.6. The Morgan fingerprint density at radius 1 is 0.978 bits per heavy atom. The van der Waals surface area contributed by atoms with Gasteiger partial charge in [-0.05, 0) is 111 Å². The highest BCUT2D eigenvalue weighted by Crippen LogP contribution is 2.35. The minimum Gasteiger partial charge on any atom is -0.443 e. The molecule has 0 saturated carbocycles. The van der Waals surface area contributed by atoms with Crippen LogP contribution < -0.4 is 10.6 Å². The van der Waals surface area contributed by atoms with Crippen LogP contribution in [0, 0.1) is 11.8 Å². The summed E-state index contributed by atoms with van der Waals surface area (Å²) < 4.78 is 10.8. The first-order valence-electron chi connectivity index (χ1n) is 17.2. The number of nitrogens with one attached hydrogen (secondary N) is 2. The molecule has 46 heavy (non-hydrogen) atoms. The quantitative estimate of drug-likeness (QED) is 0.187. The topological polar surface area (TPSA) is 138 Å². The SMILES string of the molecule is CC1CC(NC2CCC(=O)NC2=O)=CC=C1C1CCN(CC(O)CCCCCCN(C(=O)OC(C)(C)C)C(=O)OC(C)(C)C)CC1. The largest absolute Gasteiger partial charge is 0.443 e. The molecule has 3 N–H and O–H groups in total. The average Bonchev–Trinajstić information content (AvgIpc) is 2.93. The van der Waals surface area contributed by atoms with Crippen LogP contribution in [0.3, 0.4) is 0 Å². The van der Waals surface area contributed by atoms with Gasteiger partial charge in [-0.25, -0.2) is 14.5 Å². The Morgan fingerprint density at radius 3 is 2.15 bits per heavy atom. The molecule has 11 heteroatoms. The van der Waals surface area contributed by atoms with E-state index in [1.54, 1.807) is 41.5 Å². The zero-order valence-electron chi connectivity index (χ0n) is 29.2. The van der Waals surface area contributed by atoms with E-state index in [2.05, 4.69) is 34.6 Å². The number of hydrogen-bond acceptors (Lipinski definition) is 9. The number of β-amino-alcohol motifs (C(OH)–C–C–N with tert-alkyl or cyclic N) is 1. The van der Waals surface area contributed by atoms with Gasteiger partial charge in [0.05, 0.1) is 6.10 Å². The molecule has 2 saturated heterocycles. The minimum absolute atomic E-state index is 0.201. The van der Waals surface area contributed by atoms with E-state index in [9.17, 15) is 24.3 Å². The maximum Gasteiger partial charge on any atom is 0.419 e. The van der Waals surface area contributed by atoms with Gasteiger partial charge in [0.25, 0.3) is 0 Å². The number of nitrogens with zero attached hydrogens (tertiary/aromatic N) is 2. The monoisotopic (exact) mass is 646 g/mol. The summed E-state index contributed by atoms with van der Waals surface area (Å²) in [4.78, 5) is 52.3. The zero-order valence-corrected chi connectivity index (χ0v) is 29.2. The molecular formula is C35H58N4O7. The summed E-state index contributed by atoms with van der Waals surface area (Å²) >= 11 is 0. The fourth-order valence-electron chi connectivity index (χ4n) is 6.31. The van der Waals surface area contributed by atoms with Crippen LogP contribution in [0.15, 0.2) is 23.4 Å². The van der Waals surface area contributed by atoms with Gasteiger partial charge in [0.1, 0.15) is 17.2 Å². The Bertz CT molecular complexity index is 1100. The van der Waals surface area contributed by atoms with E-state index in [0.29, 0.717) is 37.6 Å². The van der Waals surface area contributed by atoms with E-state index in [-0.39, 0.29) is 30.5 Å². The van der Waals surface area contributed by atoms with Gasteiger partial charge in [-0.2, -0.15) is 0 Å². The molecule has 0 spiro atoms. The molecule has 0 aromatic carbocycles. The average molecular weight is 647 g/mol. The lowest BCUT2D eigenvalue weighted by molar-refractivity contribution is -0.134. The van der Waals surface area contributed by atoms with Crippen LogP contribution >= 0.6 is 0 Å². The third kappa shape index (κ3) is 12.7. The summed E-state index contributed by atoms with van der Waals surface area (Å²) in [5.41, 5.74) is 1.09. The molecule has 2 aliphatic heterocycles. The number of allylic oxidation sites excluding steroid dienone is 4. The third-order valence-corrected chi connectivity index (χ3v) is 8.60. The number of carbonyl (C=O) groups excluding carboxylic acids is 4. The van der Waals surface area contributed by atoms with Gasteiger partial charge >= 0.3 is 12.2 Å². The number of rotatable bonds is 12. The molecule has 260 valence electrons. The fraction of sp³-hybridized carbons (Fsp3) is 0.771. The number of ether oxygens (including phenoxy) is 2. The Morgan fingerprint density at radius 2 is 1.59 bits per heavy atom. The van der Waals surface area contributed by atoms with Crippen molar-refractivity contribution >= 4 is 24.0 Å². The second kappa shape index (κ2) is 16.8. The minimum atomic E-state index is -0.714.